The van der Waals surface area contributed by atoms with Crippen molar-refractivity contribution in [3.8, 4) is 0 Å². The minimum absolute atomic E-state index is 0.313. The molecule has 1 unspecified atom stereocenters. The van der Waals surface area contributed by atoms with E-state index in [1.54, 1.807) is 0 Å². The van der Waals surface area contributed by atoms with E-state index in [4.69, 9.17) is 10.1 Å². The van der Waals surface area contributed by atoms with Crippen LogP contribution in [0.4, 0.5) is 0 Å². The van der Waals surface area contributed by atoms with E-state index in [9.17, 15) is 0 Å². The molecule has 0 aliphatic carbocycles. The Morgan fingerprint density at radius 1 is 1.46 bits per heavy atom. The molecule has 0 spiro atoms. The number of likely N-dealkylation sites (N-methyl/N-ethyl adjacent to an activating group) is 1. The van der Waals surface area contributed by atoms with E-state index in [1.165, 1.54) is 0 Å². The van der Waals surface area contributed by atoms with Crippen LogP contribution in [0.15, 0.2) is 0 Å². The van der Waals surface area contributed by atoms with Crippen LogP contribution in [0.1, 0.15) is 33.6 Å². The molecule has 0 radical (unpaired) electrons. The first kappa shape index (κ1) is 10.5. The third-order valence-electron chi connectivity index (χ3n) is 2.80. The highest BCUT2D eigenvalue weighted by molar-refractivity contribution is 5.87. The van der Waals surface area contributed by atoms with Crippen LogP contribution in [-0.2, 0) is 4.74 Å². The molecule has 1 fully saturated rings. The summed E-state index contributed by atoms with van der Waals surface area (Å²) in [6, 6.07) is 0. The highest BCUT2D eigenvalue weighted by Gasteiger charge is 2.36. The van der Waals surface area contributed by atoms with Crippen molar-refractivity contribution < 1.29 is 4.74 Å². The maximum atomic E-state index is 8.04. The van der Waals surface area contributed by atoms with Gasteiger partial charge < -0.3 is 9.64 Å². The lowest BCUT2D eigenvalue weighted by Crippen LogP contribution is -2.46. The number of nitrogens with one attached hydrogen (secondary N) is 1. The summed E-state index contributed by atoms with van der Waals surface area (Å²) in [4.78, 5) is 2.06. The van der Waals surface area contributed by atoms with Gasteiger partial charge in [0.2, 0.25) is 0 Å². The Hall–Kier alpha value is -0.570. The molecule has 1 aliphatic rings. The average molecular weight is 184 g/mol. The Morgan fingerprint density at radius 3 is 2.46 bits per heavy atom. The van der Waals surface area contributed by atoms with Crippen LogP contribution in [0.5, 0.6) is 0 Å². The molecule has 0 amide bonds. The Labute approximate surface area is 80.6 Å². The quantitative estimate of drug-likeness (QED) is 0.537. The second-order valence-corrected chi connectivity index (χ2v) is 3.70. The highest BCUT2D eigenvalue weighted by Crippen LogP contribution is 2.27. The predicted octanol–water partition coefficient (Wildman–Crippen LogP) is 1.87. The van der Waals surface area contributed by atoms with Crippen LogP contribution < -0.4 is 0 Å². The fourth-order valence-corrected chi connectivity index (χ4v) is 1.84. The molecule has 0 bridgehead atoms. The number of hydrogen-bond donors (Lipinski definition) is 1. The summed E-state index contributed by atoms with van der Waals surface area (Å²) in [5.41, 5.74) is -0.313. The summed E-state index contributed by atoms with van der Waals surface area (Å²) in [6.45, 7) is 8.79. The Morgan fingerprint density at radius 2 is 2.08 bits per heavy atom. The molecule has 1 saturated heterocycles. The van der Waals surface area contributed by atoms with Gasteiger partial charge in [0.05, 0.1) is 0 Å². The van der Waals surface area contributed by atoms with Gasteiger partial charge in [-0.15, -0.1) is 0 Å². The minimum Gasteiger partial charge on any atom is -0.367 e. The van der Waals surface area contributed by atoms with Gasteiger partial charge in [-0.3, -0.25) is 5.41 Å². The second-order valence-electron chi connectivity index (χ2n) is 3.70. The van der Waals surface area contributed by atoms with Crippen molar-refractivity contribution in [1.29, 1.82) is 5.41 Å². The SMILES string of the molecule is CCN(CC)C(=N)C1(C)CCCO1. The summed E-state index contributed by atoms with van der Waals surface area (Å²) in [7, 11) is 0. The molecular formula is C10H20N2O. The molecule has 1 aliphatic heterocycles. The first-order valence-electron chi connectivity index (χ1n) is 5.12. The van der Waals surface area contributed by atoms with E-state index in [-0.39, 0.29) is 5.60 Å². The summed E-state index contributed by atoms with van der Waals surface area (Å²) < 4.78 is 5.62. The van der Waals surface area contributed by atoms with Crippen molar-refractivity contribution in [2.45, 2.75) is 39.2 Å². The van der Waals surface area contributed by atoms with Gasteiger partial charge in [0, 0.05) is 19.7 Å². The van der Waals surface area contributed by atoms with Crippen LogP contribution in [0.25, 0.3) is 0 Å². The van der Waals surface area contributed by atoms with E-state index in [0.29, 0.717) is 5.84 Å². The molecule has 76 valence electrons. The zero-order valence-corrected chi connectivity index (χ0v) is 8.89. The molecule has 3 heteroatoms. The maximum Gasteiger partial charge on any atom is 0.128 e. The summed E-state index contributed by atoms with van der Waals surface area (Å²) in [6.07, 6.45) is 2.07. The van der Waals surface area contributed by atoms with Crippen molar-refractivity contribution in [3.63, 3.8) is 0 Å². The van der Waals surface area contributed by atoms with Gasteiger partial charge in [-0.1, -0.05) is 0 Å². The minimum atomic E-state index is -0.313. The third-order valence-corrected chi connectivity index (χ3v) is 2.80. The summed E-state index contributed by atoms with van der Waals surface area (Å²) >= 11 is 0. The molecular weight excluding hydrogens is 164 g/mol. The molecule has 1 heterocycles. The summed E-state index contributed by atoms with van der Waals surface area (Å²) in [5, 5.41) is 8.04. The molecule has 1 rings (SSSR count). The van der Waals surface area contributed by atoms with Crippen LogP contribution in [0, 0.1) is 5.41 Å². The van der Waals surface area contributed by atoms with Gasteiger partial charge in [0.15, 0.2) is 0 Å². The average Bonchev–Trinajstić information content (AvgIpc) is 2.55. The number of nitrogens with zero attached hydrogens (tertiary/aromatic N) is 1. The first-order chi connectivity index (χ1) is 6.14. The van der Waals surface area contributed by atoms with Crippen LogP contribution >= 0.6 is 0 Å². The van der Waals surface area contributed by atoms with Crippen molar-refractivity contribution >= 4 is 5.84 Å². The Bertz CT molecular complexity index is 181. The second kappa shape index (κ2) is 4.09. The first-order valence-corrected chi connectivity index (χ1v) is 5.12. The van der Waals surface area contributed by atoms with Crippen molar-refractivity contribution in [2.75, 3.05) is 19.7 Å². The fourth-order valence-electron chi connectivity index (χ4n) is 1.84. The molecule has 0 aromatic heterocycles. The molecule has 13 heavy (non-hydrogen) atoms. The van der Waals surface area contributed by atoms with Crippen LogP contribution in [0.3, 0.4) is 0 Å². The lowest BCUT2D eigenvalue weighted by Gasteiger charge is -2.32. The number of amidine groups is 1. The number of rotatable bonds is 3. The predicted molar refractivity (Wildman–Crippen MR) is 54.2 cm³/mol. The fraction of sp³-hybridized carbons (Fsp3) is 0.900. The molecule has 0 aromatic rings. The van der Waals surface area contributed by atoms with Gasteiger partial charge in [-0.05, 0) is 33.6 Å². The Kier molecular flexibility index (Phi) is 3.31. The molecule has 0 aromatic carbocycles. The number of ether oxygens (including phenoxy) is 1. The zero-order chi connectivity index (χ0) is 9.90. The van der Waals surface area contributed by atoms with Crippen LogP contribution in [0.2, 0.25) is 0 Å². The lowest BCUT2D eigenvalue weighted by atomic mass is 10.0. The van der Waals surface area contributed by atoms with Gasteiger partial charge in [0.25, 0.3) is 0 Å². The number of hydrogen-bond acceptors (Lipinski definition) is 2. The smallest absolute Gasteiger partial charge is 0.128 e. The van der Waals surface area contributed by atoms with Crippen molar-refractivity contribution in [2.24, 2.45) is 0 Å². The van der Waals surface area contributed by atoms with Gasteiger partial charge in [-0.2, -0.15) is 0 Å². The molecule has 0 saturated carbocycles. The van der Waals surface area contributed by atoms with E-state index in [0.717, 1.165) is 32.5 Å². The largest absolute Gasteiger partial charge is 0.367 e. The standard InChI is InChI=1S/C10H20N2O/c1-4-12(5-2)9(11)10(3)7-6-8-13-10/h11H,4-8H2,1-3H3. The molecule has 1 N–H and O–H groups in total. The highest BCUT2D eigenvalue weighted by atomic mass is 16.5. The third kappa shape index (κ3) is 2.02. The van der Waals surface area contributed by atoms with Gasteiger partial charge >= 0.3 is 0 Å². The maximum absolute atomic E-state index is 8.04. The monoisotopic (exact) mass is 184 g/mol. The normalized spacial score (nSPS) is 27.6. The van der Waals surface area contributed by atoms with E-state index in [1.807, 2.05) is 6.92 Å². The molecule has 1 atom stereocenters. The van der Waals surface area contributed by atoms with Crippen molar-refractivity contribution in [3.05, 3.63) is 0 Å². The van der Waals surface area contributed by atoms with E-state index >= 15 is 0 Å². The Balaban J connectivity index is 2.64. The van der Waals surface area contributed by atoms with E-state index in [2.05, 4.69) is 18.7 Å². The zero-order valence-electron chi connectivity index (χ0n) is 8.89. The van der Waals surface area contributed by atoms with Gasteiger partial charge in [0.1, 0.15) is 11.4 Å². The van der Waals surface area contributed by atoms with Crippen molar-refractivity contribution in [1.82, 2.24) is 4.90 Å². The van der Waals surface area contributed by atoms with E-state index < -0.39 is 0 Å². The molecule has 3 nitrogen and oxygen atoms in total. The van der Waals surface area contributed by atoms with Crippen LogP contribution in [-0.4, -0.2) is 36.0 Å². The topological polar surface area (TPSA) is 36.3 Å². The lowest BCUT2D eigenvalue weighted by molar-refractivity contribution is 0.0660. The summed E-state index contributed by atoms with van der Waals surface area (Å²) in [5.74, 6) is 0.648. The van der Waals surface area contributed by atoms with Gasteiger partial charge in [-0.25, -0.2) is 0 Å².